The molecule has 2 rings (SSSR count). The third kappa shape index (κ3) is 3.30. The second-order valence-electron chi connectivity index (χ2n) is 3.63. The molecule has 0 saturated carbocycles. The number of aryl methyl sites for hydroxylation is 1. The van der Waals surface area contributed by atoms with Crippen LogP contribution in [0, 0.1) is 6.92 Å². The zero-order valence-electron chi connectivity index (χ0n) is 9.42. The van der Waals surface area contributed by atoms with Crippen molar-refractivity contribution in [2.75, 3.05) is 4.72 Å². The highest BCUT2D eigenvalue weighted by atomic mass is 79.9. The molecule has 0 unspecified atom stereocenters. The van der Waals surface area contributed by atoms with E-state index in [9.17, 15) is 8.42 Å². The number of nitrogens with one attached hydrogen (secondary N) is 1. The van der Waals surface area contributed by atoms with Crippen LogP contribution in [0.5, 0.6) is 0 Å². The maximum atomic E-state index is 11.9. The highest BCUT2D eigenvalue weighted by Gasteiger charge is 2.16. The number of anilines is 1. The summed E-state index contributed by atoms with van der Waals surface area (Å²) >= 11 is 3.17. The molecule has 0 aromatic carbocycles. The fourth-order valence-corrected chi connectivity index (χ4v) is 2.92. The van der Waals surface area contributed by atoms with Crippen molar-refractivity contribution in [2.24, 2.45) is 0 Å². The zero-order chi connectivity index (χ0) is 13.2. The minimum absolute atomic E-state index is 0.244. The Balaban J connectivity index is 2.15. The first-order chi connectivity index (χ1) is 8.46. The van der Waals surface area contributed by atoms with Crippen LogP contribution in [0.25, 0.3) is 0 Å². The number of hydrogen-bond donors (Lipinski definition) is 1. The monoisotopic (exact) mass is 331 g/mol. The van der Waals surface area contributed by atoms with Crippen molar-refractivity contribution in [3.8, 4) is 0 Å². The molecule has 0 amide bonds. The van der Waals surface area contributed by atoms with Gasteiger partial charge in [0.2, 0.25) is 10.0 Å². The van der Waals surface area contributed by atoms with Crippen molar-refractivity contribution in [3.63, 3.8) is 0 Å². The molecule has 0 atom stereocenters. The average Bonchev–Trinajstić information content (AvgIpc) is 2.66. The molecule has 2 aromatic rings. The van der Waals surface area contributed by atoms with Crippen LogP contribution in [0.15, 0.2) is 33.5 Å². The lowest BCUT2D eigenvalue weighted by atomic mass is 10.4. The van der Waals surface area contributed by atoms with E-state index in [1.807, 2.05) is 0 Å². The van der Waals surface area contributed by atoms with Gasteiger partial charge in [0, 0.05) is 12.3 Å². The van der Waals surface area contributed by atoms with Gasteiger partial charge in [0.05, 0.1) is 5.69 Å². The van der Waals surface area contributed by atoms with Crippen LogP contribution >= 0.6 is 15.9 Å². The summed E-state index contributed by atoms with van der Waals surface area (Å²) in [6.45, 7) is 1.70. The second-order valence-corrected chi connectivity index (χ2v) is 6.11. The van der Waals surface area contributed by atoms with Gasteiger partial charge in [-0.1, -0.05) is 5.16 Å². The van der Waals surface area contributed by atoms with Gasteiger partial charge in [-0.15, -0.1) is 0 Å². The average molecular weight is 332 g/mol. The number of nitrogens with zero attached hydrogens (tertiary/aromatic N) is 2. The maximum absolute atomic E-state index is 11.9. The highest BCUT2D eigenvalue weighted by molar-refractivity contribution is 9.10. The summed E-state index contributed by atoms with van der Waals surface area (Å²) in [7, 11) is -3.54. The lowest BCUT2D eigenvalue weighted by molar-refractivity contribution is 0.392. The Bertz CT molecular complexity index is 654. The molecule has 6 nitrogen and oxygen atoms in total. The largest absolute Gasteiger partial charge is 0.361 e. The fraction of sp³-hybridized carbons (Fsp3) is 0.200. The summed E-state index contributed by atoms with van der Waals surface area (Å²) in [6, 6.07) is 4.84. The molecule has 0 aliphatic rings. The molecule has 18 heavy (non-hydrogen) atoms. The predicted molar refractivity (Wildman–Crippen MR) is 69.4 cm³/mol. The molecule has 2 heterocycles. The summed E-state index contributed by atoms with van der Waals surface area (Å²) in [5.74, 6) is 0.328. The van der Waals surface area contributed by atoms with E-state index in [1.54, 1.807) is 31.3 Å². The van der Waals surface area contributed by atoms with E-state index in [-0.39, 0.29) is 5.75 Å². The summed E-state index contributed by atoms with van der Waals surface area (Å²) in [6.07, 6.45) is 1.56. The van der Waals surface area contributed by atoms with Crippen LogP contribution in [-0.2, 0) is 15.8 Å². The van der Waals surface area contributed by atoms with E-state index >= 15 is 0 Å². The van der Waals surface area contributed by atoms with E-state index in [1.165, 1.54) is 0 Å². The summed E-state index contributed by atoms with van der Waals surface area (Å²) < 4.78 is 31.5. The Morgan fingerprint density at radius 2 is 2.28 bits per heavy atom. The molecule has 2 aromatic heterocycles. The Hall–Kier alpha value is -1.41. The van der Waals surface area contributed by atoms with Crippen LogP contribution < -0.4 is 4.72 Å². The predicted octanol–water partition coefficient (Wildman–Crippen LogP) is 2.08. The molecular weight excluding hydrogens is 322 g/mol. The zero-order valence-corrected chi connectivity index (χ0v) is 11.8. The molecule has 0 aliphatic heterocycles. The van der Waals surface area contributed by atoms with Crippen LogP contribution in [0.1, 0.15) is 11.5 Å². The van der Waals surface area contributed by atoms with E-state index in [0.717, 1.165) is 0 Å². The molecule has 0 spiro atoms. The highest BCUT2D eigenvalue weighted by Crippen LogP contribution is 2.20. The van der Waals surface area contributed by atoms with Gasteiger partial charge in [-0.3, -0.25) is 4.72 Å². The number of halogens is 1. The van der Waals surface area contributed by atoms with Gasteiger partial charge in [0.25, 0.3) is 0 Å². The molecule has 0 fully saturated rings. The molecule has 0 aliphatic carbocycles. The lowest BCUT2D eigenvalue weighted by Gasteiger charge is -2.07. The van der Waals surface area contributed by atoms with E-state index in [0.29, 0.717) is 21.7 Å². The smallest absolute Gasteiger partial charge is 0.238 e. The first kappa shape index (κ1) is 13.0. The van der Waals surface area contributed by atoms with Crippen molar-refractivity contribution < 1.29 is 12.9 Å². The summed E-state index contributed by atoms with van der Waals surface area (Å²) in [5.41, 5.74) is 0.748. The van der Waals surface area contributed by atoms with Crippen molar-refractivity contribution >= 4 is 31.6 Å². The van der Waals surface area contributed by atoms with Gasteiger partial charge < -0.3 is 4.52 Å². The van der Waals surface area contributed by atoms with Crippen LogP contribution in [0.2, 0.25) is 0 Å². The Kier molecular flexibility index (Phi) is 3.67. The number of pyridine rings is 1. The molecule has 8 heteroatoms. The van der Waals surface area contributed by atoms with Crippen LogP contribution in [0.3, 0.4) is 0 Å². The van der Waals surface area contributed by atoms with Gasteiger partial charge in [-0.05, 0) is 35.0 Å². The Labute approximate surface area is 113 Å². The van der Waals surface area contributed by atoms with Crippen molar-refractivity contribution in [1.29, 1.82) is 0 Å². The van der Waals surface area contributed by atoms with E-state index < -0.39 is 10.0 Å². The second kappa shape index (κ2) is 5.07. The lowest BCUT2D eigenvalue weighted by Crippen LogP contribution is -2.15. The maximum Gasteiger partial charge on any atom is 0.238 e. The topological polar surface area (TPSA) is 85.1 Å². The van der Waals surface area contributed by atoms with Gasteiger partial charge in [-0.25, -0.2) is 13.4 Å². The molecule has 0 bridgehead atoms. The van der Waals surface area contributed by atoms with Crippen LogP contribution in [0.4, 0.5) is 5.69 Å². The molecule has 1 N–H and O–H groups in total. The van der Waals surface area contributed by atoms with E-state index in [2.05, 4.69) is 30.8 Å². The fourth-order valence-electron chi connectivity index (χ4n) is 1.35. The van der Waals surface area contributed by atoms with Gasteiger partial charge in [0.1, 0.15) is 21.8 Å². The van der Waals surface area contributed by atoms with Crippen molar-refractivity contribution in [2.45, 2.75) is 12.7 Å². The van der Waals surface area contributed by atoms with Crippen molar-refractivity contribution in [3.05, 3.63) is 40.5 Å². The first-order valence-corrected chi connectivity index (χ1v) is 7.44. The quantitative estimate of drug-likeness (QED) is 0.867. The standard InChI is InChI=1S/C10H10BrN3O3S/c1-7-5-8(13-17-7)6-18(15,16)14-9-3-2-4-12-10(9)11/h2-5,14H,6H2,1H3. The Morgan fingerprint density at radius 1 is 1.50 bits per heavy atom. The molecule has 0 saturated heterocycles. The number of rotatable bonds is 4. The van der Waals surface area contributed by atoms with Gasteiger partial charge >= 0.3 is 0 Å². The SMILES string of the molecule is Cc1cc(CS(=O)(=O)Nc2cccnc2Br)no1. The minimum Gasteiger partial charge on any atom is -0.361 e. The third-order valence-corrected chi connectivity index (χ3v) is 3.88. The number of hydrogen-bond acceptors (Lipinski definition) is 5. The molecular formula is C10H10BrN3O3S. The van der Waals surface area contributed by atoms with Gasteiger partial charge in [-0.2, -0.15) is 0 Å². The number of aromatic nitrogens is 2. The van der Waals surface area contributed by atoms with Crippen LogP contribution in [-0.4, -0.2) is 18.6 Å². The van der Waals surface area contributed by atoms with Crippen molar-refractivity contribution in [1.82, 2.24) is 10.1 Å². The minimum atomic E-state index is -3.54. The van der Waals surface area contributed by atoms with E-state index in [4.69, 9.17) is 4.52 Å². The summed E-state index contributed by atoms with van der Waals surface area (Å²) in [4.78, 5) is 3.93. The Morgan fingerprint density at radius 3 is 2.89 bits per heavy atom. The summed E-state index contributed by atoms with van der Waals surface area (Å²) in [5, 5.41) is 3.64. The first-order valence-electron chi connectivity index (χ1n) is 4.99. The molecule has 96 valence electrons. The van der Waals surface area contributed by atoms with Gasteiger partial charge in [0.15, 0.2) is 0 Å². The molecule has 0 radical (unpaired) electrons. The third-order valence-electron chi connectivity index (χ3n) is 2.04. The normalized spacial score (nSPS) is 11.4. The number of sulfonamides is 1.